The minimum Gasteiger partial charge on any atom is -0.872 e. The number of likely N-dealkylation sites (N-methyl/N-ethyl adjacent to an activating group) is 1. The van der Waals surface area contributed by atoms with Gasteiger partial charge in [-0.25, -0.2) is 0 Å². The molecule has 1 N–H and O–H groups in total. The van der Waals surface area contributed by atoms with E-state index in [1.54, 1.807) is 59.5 Å². The van der Waals surface area contributed by atoms with Gasteiger partial charge in [0.1, 0.15) is 18.1 Å². The number of nitrogens with zero attached hydrogens (tertiary/aromatic N) is 1. The van der Waals surface area contributed by atoms with E-state index in [1.165, 1.54) is 4.90 Å². The van der Waals surface area contributed by atoms with Gasteiger partial charge in [-0.1, -0.05) is 49.6 Å². The minimum absolute atomic E-state index is 0.0171. The molecule has 36 heavy (non-hydrogen) atoms. The number of quaternary nitrogens is 1. The van der Waals surface area contributed by atoms with Crippen molar-refractivity contribution in [3.05, 3.63) is 77.9 Å². The molecule has 1 fully saturated rings. The summed E-state index contributed by atoms with van der Waals surface area (Å²) in [6.45, 7) is 13.7. The summed E-state index contributed by atoms with van der Waals surface area (Å²) in [5.74, 6) is -0.514. The number of nitrogens with one attached hydrogen (secondary N) is 1. The highest BCUT2D eigenvalue weighted by atomic mass is 16.5. The largest absolute Gasteiger partial charge is 0.872 e. The number of hydrogen-bond acceptors (Lipinski definition) is 5. The van der Waals surface area contributed by atoms with Crippen LogP contribution in [-0.4, -0.2) is 56.0 Å². The zero-order valence-electron chi connectivity index (χ0n) is 21.4. The summed E-state index contributed by atoms with van der Waals surface area (Å²) in [6.07, 6.45) is 2.53. The van der Waals surface area contributed by atoms with E-state index in [0.29, 0.717) is 48.9 Å². The van der Waals surface area contributed by atoms with Gasteiger partial charge in [-0.05, 0) is 55.7 Å². The number of ketones is 1. The molecule has 0 radical (unpaired) electrons. The van der Waals surface area contributed by atoms with Crippen LogP contribution in [0.4, 0.5) is 0 Å². The fourth-order valence-corrected chi connectivity index (χ4v) is 4.31. The number of rotatable bonds is 13. The zero-order chi connectivity index (χ0) is 26.1. The Balaban J connectivity index is 2.01. The maximum Gasteiger partial charge on any atom is 0.295 e. The van der Waals surface area contributed by atoms with Gasteiger partial charge in [0.05, 0.1) is 38.8 Å². The Morgan fingerprint density at radius 1 is 1.00 bits per heavy atom. The van der Waals surface area contributed by atoms with Crippen LogP contribution in [0.15, 0.2) is 66.8 Å². The number of benzene rings is 2. The normalized spacial score (nSPS) is 17.0. The number of likely N-dealkylation sites (tertiary alicyclic amines) is 1. The van der Waals surface area contributed by atoms with Crippen molar-refractivity contribution >= 4 is 17.4 Å². The van der Waals surface area contributed by atoms with Crippen LogP contribution in [-0.2, 0) is 9.59 Å². The highest BCUT2D eigenvalue weighted by molar-refractivity contribution is 6.46. The van der Waals surface area contributed by atoms with Gasteiger partial charge in [-0.2, -0.15) is 0 Å². The van der Waals surface area contributed by atoms with Gasteiger partial charge in [-0.3, -0.25) is 9.59 Å². The number of ether oxygens (including phenoxy) is 2. The van der Waals surface area contributed by atoms with E-state index in [-0.39, 0.29) is 5.57 Å². The van der Waals surface area contributed by atoms with Crippen LogP contribution in [0.5, 0.6) is 11.5 Å². The van der Waals surface area contributed by atoms with Gasteiger partial charge in [-0.15, -0.1) is 0 Å². The van der Waals surface area contributed by atoms with Gasteiger partial charge < -0.3 is 24.4 Å². The third kappa shape index (κ3) is 6.15. The molecular formula is C29H36N2O5. The summed E-state index contributed by atoms with van der Waals surface area (Å²) < 4.78 is 11.2. The molecule has 192 valence electrons. The summed E-state index contributed by atoms with van der Waals surface area (Å²) in [5.41, 5.74) is 1.03. The monoisotopic (exact) mass is 492 g/mol. The molecule has 1 saturated heterocycles. The summed E-state index contributed by atoms with van der Waals surface area (Å²) in [6, 6.07) is 13.1. The lowest BCUT2D eigenvalue weighted by atomic mass is 9.95. The minimum atomic E-state index is -0.753. The van der Waals surface area contributed by atoms with E-state index in [0.717, 1.165) is 19.5 Å². The Hall–Kier alpha value is -3.58. The Kier molecular flexibility index (Phi) is 9.70. The van der Waals surface area contributed by atoms with Crippen molar-refractivity contribution in [3.63, 3.8) is 0 Å². The smallest absolute Gasteiger partial charge is 0.295 e. The quantitative estimate of drug-likeness (QED) is 0.201. The summed E-state index contributed by atoms with van der Waals surface area (Å²) >= 11 is 0. The van der Waals surface area contributed by atoms with Crippen LogP contribution >= 0.6 is 0 Å². The SMILES string of the molecule is C=CCOc1ccc(C2C(=C([O-])c3ccc(OCCC)cc3)C(=O)C(=O)N2CC[NH+](CC)CC)cc1. The van der Waals surface area contributed by atoms with E-state index in [1.807, 2.05) is 6.92 Å². The molecule has 0 saturated carbocycles. The predicted molar refractivity (Wildman–Crippen MR) is 138 cm³/mol. The standard InChI is InChI=1S/C29H36N2O5/c1-5-19-35-23-13-9-21(10-14-23)26-25(27(32)22-11-15-24(16-12-22)36-20-6-2)28(33)29(34)31(26)18-17-30(7-3)8-4/h5,9-16,26,32H,1,6-8,17-20H2,2-4H3. The molecule has 2 aromatic carbocycles. The molecule has 1 heterocycles. The van der Waals surface area contributed by atoms with Crippen molar-refractivity contribution in [3.8, 4) is 11.5 Å². The summed E-state index contributed by atoms with van der Waals surface area (Å²) in [5, 5.41) is 13.6. The van der Waals surface area contributed by atoms with Gasteiger partial charge in [0, 0.05) is 5.57 Å². The Bertz CT molecular complexity index is 1070. The predicted octanol–water partition coefficient (Wildman–Crippen LogP) is 2.19. The first-order valence-electron chi connectivity index (χ1n) is 12.6. The van der Waals surface area contributed by atoms with Gasteiger partial charge in [0.15, 0.2) is 0 Å². The Morgan fingerprint density at radius 3 is 2.19 bits per heavy atom. The fourth-order valence-electron chi connectivity index (χ4n) is 4.31. The molecule has 1 aliphatic rings. The van der Waals surface area contributed by atoms with Crippen LogP contribution in [0.1, 0.15) is 44.4 Å². The number of hydrogen-bond donors (Lipinski definition) is 1. The molecular weight excluding hydrogens is 456 g/mol. The molecule has 1 amide bonds. The van der Waals surface area contributed by atoms with E-state index in [2.05, 4.69) is 20.4 Å². The van der Waals surface area contributed by atoms with Gasteiger partial charge in [0.25, 0.3) is 5.91 Å². The first kappa shape index (κ1) is 27.0. The first-order valence-corrected chi connectivity index (χ1v) is 12.6. The second-order valence-corrected chi connectivity index (χ2v) is 8.72. The van der Waals surface area contributed by atoms with E-state index >= 15 is 0 Å². The van der Waals surface area contributed by atoms with Crippen LogP contribution in [0.2, 0.25) is 0 Å². The second-order valence-electron chi connectivity index (χ2n) is 8.72. The third-order valence-corrected chi connectivity index (χ3v) is 6.39. The van der Waals surface area contributed by atoms with E-state index in [9.17, 15) is 14.7 Å². The fraction of sp³-hybridized carbons (Fsp3) is 0.379. The topological polar surface area (TPSA) is 83.3 Å². The van der Waals surface area contributed by atoms with E-state index < -0.39 is 23.5 Å². The van der Waals surface area contributed by atoms with Crippen molar-refractivity contribution in [1.29, 1.82) is 0 Å². The number of Topliss-reactive ketones (excluding diaryl/α,β-unsaturated/α-hetero) is 1. The van der Waals surface area contributed by atoms with Crippen molar-refractivity contribution in [2.24, 2.45) is 0 Å². The van der Waals surface area contributed by atoms with Crippen LogP contribution in [0.3, 0.4) is 0 Å². The van der Waals surface area contributed by atoms with Crippen LogP contribution < -0.4 is 19.5 Å². The first-order chi connectivity index (χ1) is 17.4. The maximum atomic E-state index is 13.6. The molecule has 0 spiro atoms. The van der Waals surface area contributed by atoms with Crippen molar-refractivity contribution in [1.82, 2.24) is 4.90 Å². The third-order valence-electron chi connectivity index (χ3n) is 6.39. The lowest BCUT2D eigenvalue weighted by Crippen LogP contribution is -3.12. The Morgan fingerprint density at radius 2 is 1.61 bits per heavy atom. The van der Waals surface area contributed by atoms with Crippen LogP contribution in [0, 0.1) is 0 Å². The van der Waals surface area contributed by atoms with Crippen molar-refractivity contribution in [2.45, 2.75) is 33.2 Å². The molecule has 7 nitrogen and oxygen atoms in total. The van der Waals surface area contributed by atoms with Gasteiger partial charge >= 0.3 is 0 Å². The lowest BCUT2D eigenvalue weighted by Gasteiger charge is -2.28. The summed E-state index contributed by atoms with van der Waals surface area (Å²) in [7, 11) is 0. The highest BCUT2D eigenvalue weighted by Crippen LogP contribution is 2.39. The zero-order valence-corrected chi connectivity index (χ0v) is 21.4. The highest BCUT2D eigenvalue weighted by Gasteiger charge is 2.44. The summed E-state index contributed by atoms with van der Waals surface area (Å²) in [4.78, 5) is 29.2. The lowest BCUT2D eigenvalue weighted by molar-refractivity contribution is -0.895. The molecule has 1 atom stereocenters. The average Bonchev–Trinajstić information content (AvgIpc) is 3.16. The number of amides is 1. The van der Waals surface area contributed by atoms with Crippen molar-refractivity contribution in [2.75, 3.05) is 39.4 Å². The molecule has 2 aromatic rings. The molecule has 7 heteroatoms. The molecule has 1 unspecified atom stereocenters. The van der Waals surface area contributed by atoms with Crippen molar-refractivity contribution < 1.29 is 29.1 Å². The molecule has 3 rings (SSSR count). The molecule has 1 aliphatic heterocycles. The average molecular weight is 493 g/mol. The molecule has 0 bridgehead atoms. The van der Waals surface area contributed by atoms with E-state index in [4.69, 9.17) is 9.47 Å². The maximum absolute atomic E-state index is 13.6. The Labute approximate surface area is 213 Å². The second kappa shape index (κ2) is 12.9. The number of carbonyl (C=O) groups is 2. The molecule has 0 aliphatic carbocycles. The number of carbonyl (C=O) groups excluding carboxylic acids is 2. The van der Waals surface area contributed by atoms with Gasteiger partial charge in [0.2, 0.25) is 5.78 Å². The van der Waals surface area contributed by atoms with Crippen LogP contribution in [0.25, 0.3) is 5.76 Å². The molecule has 0 aromatic heterocycles.